The molecule has 0 aliphatic rings. The lowest BCUT2D eigenvalue weighted by molar-refractivity contribution is 0.708. The first-order chi connectivity index (χ1) is 8.33. The number of hydrogen-bond acceptors (Lipinski definition) is 3. The zero-order valence-corrected chi connectivity index (χ0v) is 12.4. The van der Waals surface area contributed by atoms with Crippen LogP contribution in [0.5, 0.6) is 0 Å². The van der Waals surface area contributed by atoms with Crippen LogP contribution in [0.1, 0.15) is 19.3 Å². The van der Waals surface area contributed by atoms with Crippen molar-refractivity contribution >= 4 is 43.2 Å². The fraction of sp³-hybridized carbons (Fsp3) is 0.462. The maximum atomic E-state index is 4.50. The molecule has 0 amide bonds. The molecule has 0 bridgehead atoms. The maximum absolute atomic E-state index is 4.50. The van der Waals surface area contributed by atoms with E-state index in [1.54, 1.807) is 11.3 Å². The zero-order chi connectivity index (χ0) is 12.1. The van der Waals surface area contributed by atoms with E-state index < -0.39 is 0 Å². The second-order valence-electron chi connectivity index (χ2n) is 4.14. The summed E-state index contributed by atoms with van der Waals surface area (Å²) in [7, 11) is 2.13. The molecule has 0 fully saturated rings. The molecule has 0 atom stereocenters. The van der Waals surface area contributed by atoms with E-state index in [-0.39, 0.29) is 0 Å². The second kappa shape index (κ2) is 6.36. The lowest BCUT2D eigenvalue weighted by Crippen LogP contribution is -2.19. The lowest BCUT2D eigenvalue weighted by atomic mass is 10.2. The highest BCUT2D eigenvalue weighted by molar-refractivity contribution is 9.09. The summed E-state index contributed by atoms with van der Waals surface area (Å²) in [5, 5.41) is 4.52. The highest BCUT2D eigenvalue weighted by Gasteiger charge is 2.07. The number of fused-ring (bicyclic) bond motifs is 1. The molecule has 0 saturated carbocycles. The number of unbranched alkanes of at least 4 members (excludes halogenated alkanes) is 2. The molecular formula is C13H17BrN2S. The molecule has 0 spiro atoms. The van der Waals surface area contributed by atoms with E-state index in [0.29, 0.717) is 0 Å². The van der Waals surface area contributed by atoms with Gasteiger partial charge in [0, 0.05) is 35.2 Å². The minimum absolute atomic E-state index is 1.08. The topological polar surface area (TPSA) is 16.1 Å². The minimum atomic E-state index is 1.08. The van der Waals surface area contributed by atoms with E-state index in [0.717, 1.165) is 17.7 Å². The summed E-state index contributed by atoms with van der Waals surface area (Å²) in [4.78, 5) is 6.77. The SMILES string of the molecule is CN(CCCCCBr)c1nccc2sccc12. The third-order valence-corrected chi connectivity index (χ3v) is 4.29. The molecule has 2 nitrogen and oxygen atoms in total. The number of thiophene rings is 1. The van der Waals surface area contributed by atoms with Crippen molar-refractivity contribution in [1.29, 1.82) is 0 Å². The Morgan fingerprint density at radius 3 is 3.00 bits per heavy atom. The monoisotopic (exact) mass is 312 g/mol. The predicted octanol–water partition coefficient (Wildman–Crippen LogP) is 4.30. The molecule has 2 rings (SSSR count). The molecule has 2 heterocycles. The summed E-state index contributed by atoms with van der Waals surface area (Å²) < 4.78 is 1.32. The maximum Gasteiger partial charge on any atom is 0.136 e. The van der Waals surface area contributed by atoms with Crippen LogP contribution in [0.15, 0.2) is 23.7 Å². The van der Waals surface area contributed by atoms with E-state index in [9.17, 15) is 0 Å². The highest BCUT2D eigenvalue weighted by Crippen LogP contribution is 2.27. The quantitative estimate of drug-likeness (QED) is 0.584. The Balaban J connectivity index is 2.03. The van der Waals surface area contributed by atoms with Gasteiger partial charge in [-0.3, -0.25) is 0 Å². The molecule has 0 radical (unpaired) electrons. The van der Waals surface area contributed by atoms with Gasteiger partial charge < -0.3 is 4.90 Å². The Kier molecular flexibility index (Phi) is 4.80. The summed E-state index contributed by atoms with van der Waals surface area (Å²) in [5.74, 6) is 1.11. The normalized spacial score (nSPS) is 10.9. The zero-order valence-electron chi connectivity index (χ0n) is 10.0. The number of hydrogen-bond donors (Lipinski definition) is 0. The van der Waals surface area contributed by atoms with Crippen molar-refractivity contribution in [3.05, 3.63) is 23.7 Å². The van der Waals surface area contributed by atoms with Crippen LogP contribution in [0.3, 0.4) is 0 Å². The van der Waals surface area contributed by atoms with Crippen molar-refractivity contribution in [1.82, 2.24) is 4.98 Å². The molecule has 0 unspecified atom stereocenters. The van der Waals surface area contributed by atoms with Gasteiger partial charge in [-0.25, -0.2) is 4.98 Å². The van der Waals surface area contributed by atoms with Gasteiger partial charge in [-0.1, -0.05) is 22.4 Å². The van der Waals surface area contributed by atoms with Crippen LogP contribution in [-0.4, -0.2) is 23.9 Å². The number of nitrogens with zero attached hydrogens (tertiary/aromatic N) is 2. The minimum Gasteiger partial charge on any atom is -0.359 e. The first kappa shape index (κ1) is 12.8. The van der Waals surface area contributed by atoms with Crippen molar-refractivity contribution in [3.63, 3.8) is 0 Å². The van der Waals surface area contributed by atoms with E-state index in [1.807, 2.05) is 6.20 Å². The summed E-state index contributed by atoms with van der Waals surface area (Å²) in [6.07, 6.45) is 5.66. The van der Waals surface area contributed by atoms with Crippen LogP contribution in [0.4, 0.5) is 5.82 Å². The highest BCUT2D eigenvalue weighted by atomic mass is 79.9. The number of rotatable bonds is 6. The molecule has 4 heteroatoms. The predicted molar refractivity (Wildman–Crippen MR) is 80.5 cm³/mol. The Hall–Kier alpha value is -0.610. The van der Waals surface area contributed by atoms with Crippen LogP contribution in [0.2, 0.25) is 0 Å². The third kappa shape index (κ3) is 3.19. The van der Waals surface area contributed by atoms with Gasteiger partial charge >= 0.3 is 0 Å². The molecule has 17 heavy (non-hydrogen) atoms. The summed E-state index contributed by atoms with van der Waals surface area (Å²) in [5.41, 5.74) is 0. The Bertz CT molecular complexity index is 469. The van der Waals surface area contributed by atoms with Crippen molar-refractivity contribution in [2.45, 2.75) is 19.3 Å². The Morgan fingerprint density at radius 2 is 2.18 bits per heavy atom. The molecule has 92 valence electrons. The molecule has 0 N–H and O–H groups in total. The molecule has 0 aliphatic heterocycles. The Labute approximate surface area is 115 Å². The lowest BCUT2D eigenvalue weighted by Gasteiger charge is -2.18. The van der Waals surface area contributed by atoms with Crippen LogP contribution in [0.25, 0.3) is 10.1 Å². The summed E-state index contributed by atoms with van der Waals surface area (Å²) >= 11 is 5.24. The van der Waals surface area contributed by atoms with Gasteiger partial charge in [-0.2, -0.15) is 0 Å². The molecule has 0 saturated heterocycles. The standard InChI is InChI=1S/C13H17BrN2S/c1-16(9-4-2-3-7-14)13-11-6-10-17-12(11)5-8-15-13/h5-6,8,10H,2-4,7,9H2,1H3. The fourth-order valence-electron chi connectivity index (χ4n) is 1.91. The van der Waals surface area contributed by atoms with Crippen LogP contribution in [0, 0.1) is 0 Å². The Morgan fingerprint density at radius 1 is 1.29 bits per heavy atom. The van der Waals surface area contributed by atoms with Gasteiger partial charge in [0.2, 0.25) is 0 Å². The van der Waals surface area contributed by atoms with Gasteiger partial charge in [0.25, 0.3) is 0 Å². The largest absolute Gasteiger partial charge is 0.359 e. The molecular weight excluding hydrogens is 296 g/mol. The molecule has 2 aromatic rings. The van der Waals surface area contributed by atoms with Gasteiger partial charge in [0.15, 0.2) is 0 Å². The van der Waals surface area contributed by atoms with Gasteiger partial charge in [0.1, 0.15) is 5.82 Å². The average Bonchev–Trinajstić information content (AvgIpc) is 2.82. The summed E-state index contributed by atoms with van der Waals surface area (Å²) in [6.45, 7) is 1.08. The summed E-state index contributed by atoms with van der Waals surface area (Å²) in [6, 6.07) is 4.25. The van der Waals surface area contributed by atoms with Gasteiger partial charge in [-0.05, 0) is 30.4 Å². The van der Waals surface area contributed by atoms with Crippen LogP contribution in [-0.2, 0) is 0 Å². The van der Waals surface area contributed by atoms with Crippen LogP contribution < -0.4 is 4.90 Å². The van der Waals surface area contributed by atoms with Crippen molar-refractivity contribution in [2.24, 2.45) is 0 Å². The van der Waals surface area contributed by atoms with E-state index in [4.69, 9.17) is 0 Å². The van der Waals surface area contributed by atoms with Gasteiger partial charge in [0.05, 0.1) is 0 Å². The fourth-order valence-corrected chi connectivity index (χ4v) is 3.08. The molecule has 0 aromatic carbocycles. The number of aromatic nitrogens is 1. The van der Waals surface area contributed by atoms with Gasteiger partial charge in [-0.15, -0.1) is 11.3 Å². The average molecular weight is 313 g/mol. The number of halogens is 1. The first-order valence-electron chi connectivity index (χ1n) is 5.92. The third-order valence-electron chi connectivity index (χ3n) is 2.85. The smallest absolute Gasteiger partial charge is 0.136 e. The van der Waals surface area contributed by atoms with E-state index >= 15 is 0 Å². The van der Waals surface area contributed by atoms with E-state index in [1.165, 1.54) is 29.3 Å². The van der Waals surface area contributed by atoms with Crippen molar-refractivity contribution < 1.29 is 0 Å². The number of pyridine rings is 1. The number of alkyl halides is 1. The number of anilines is 1. The van der Waals surface area contributed by atoms with Crippen molar-refractivity contribution in [2.75, 3.05) is 23.8 Å². The second-order valence-corrected chi connectivity index (χ2v) is 5.88. The first-order valence-corrected chi connectivity index (χ1v) is 7.92. The molecule has 2 aromatic heterocycles. The van der Waals surface area contributed by atoms with Crippen LogP contribution >= 0.6 is 27.3 Å². The van der Waals surface area contributed by atoms with Crippen molar-refractivity contribution in [3.8, 4) is 0 Å². The molecule has 0 aliphatic carbocycles. The van der Waals surface area contributed by atoms with E-state index in [2.05, 4.69) is 50.4 Å².